The van der Waals surface area contributed by atoms with E-state index in [9.17, 15) is 19.5 Å². The van der Waals surface area contributed by atoms with Crippen molar-refractivity contribution in [1.29, 1.82) is 0 Å². The number of thioether (sulfide) groups is 1. The molecule has 3 N–H and O–H groups in total. The number of carbonyl (C=O) groups is 3. The third kappa shape index (κ3) is 8.71. The maximum absolute atomic E-state index is 13.8. The van der Waals surface area contributed by atoms with E-state index < -0.39 is 46.8 Å². The molecule has 0 aliphatic carbocycles. The first-order chi connectivity index (χ1) is 26.5. The molecule has 2 unspecified atom stereocenters. The fourth-order valence-electron chi connectivity index (χ4n) is 6.14. The Morgan fingerprint density at radius 1 is 0.945 bits per heavy atom. The number of hydrogen-bond acceptors (Lipinski definition) is 12. The van der Waals surface area contributed by atoms with Crippen LogP contribution in [0.25, 0.3) is 4.91 Å². The number of anilines is 2. The molecule has 1 aliphatic heterocycles. The standard InChI is InChI=1S/C41H40N6O6S2/c1-40(2,3)53-38(51)35(49)36(30-22-14-15-23-42-30)54-25-31-34(37(50)44-31)47(33(48)24-43-52-4)32-26-55-39(45-32)46-41(27-16-8-5-9-17-27,28-18-10-6-11-19-28)29-20-12-7-13-21-29/h5-24,26,31,34,49H,25H2,1-4H3,(H,44,50)(H,45,46). The van der Waals surface area contributed by atoms with Crippen molar-refractivity contribution in [2.24, 2.45) is 5.16 Å². The number of carbonyl (C=O) groups excluding carboxylic acids is 3. The number of oxime groups is 1. The summed E-state index contributed by atoms with van der Waals surface area (Å²) >= 11 is 2.38. The molecule has 5 aromatic rings. The van der Waals surface area contributed by atoms with Gasteiger partial charge in [0.05, 0.1) is 16.6 Å². The number of rotatable bonds is 14. The van der Waals surface area contributed by atoms with Crippen LogP contribution >= 0.6 is 23.1 Å². The lowest BCUT2D eigenvalue weighted by Crippen LogP contribution is -2.71. The van der Waals surface area contributed by atoms with Crippen molar-refractivity contribution in [2.45, 2.75) is 44.0 Å². The first kappa shape index (κ1) is 38.7. The number of pyridine rings is 1. The minimum absolute atomic E-state index is 0.148. The van der Waals surface area contributed by atoms with Crippen molar-refractivity contribution < 1.29 is 29.1 Å². The molecule has 3 aromatic carbocycles. The quantitative estimate of drug-likeness (QED) is 0.0209. The van der Waals surface area contributed by atoms with Crippen LogP contribution in [-0.4, -0.2) is 69.6 Å². The van der Waals surface area contributed by atoms with Gasteiger partial charge < -0.3 is 25.3 Å². The van der Waals surface area contributed by atoms with E-state index in [-0.39, 0.29) is 16.5 Å². The van der Waals surface area contributed by atoms with E-state index >= 15 is 0 Å². The third-order valence-electron chi connectivity index (χ3n) is 8.53. The number of hydrogen-bond donors (Lipinski definition) is 3. The molecule has 6 rings (SSSR count). The van der Waals surface area contributed by atoms with Crippen LogP contribution in [0.4, 0.5) is 10.9 Å². The Morgan fingerprint density at radius 3 is 2.04 bits per heavy atom. The van der Waals surface area contributed by atoms with Crippen molar-refractivity contribution in [3.05, 3.63) is 149 Å². The van der Waals surface area contributed by atoms with E-state index in [0.717, 1.165) is 34.7 Å². The highest BCUT2D eigenvalue weighted by Crippen LogP contribution is 2.42. The lowest BCUT2D eigenvalue weighted by Gasteiger charge is -2.42. The van der Waals surface area contributed by atoms with E-state index in [1.807, 2.05) is 91.0 Å². The normalized spacial score (nSPS) is 16.0. The summed E-state index contributed by atoms with van der Waals surface area (Å²) in [6.45, 7) is 5.09. The molecule has 3 heterocycles. The molecule has 0 radical (unpaired) electrons. The molecule has 1 saturated heterocycles. The fourth-order valence-corrected chi connectivity index (χ4v) is 7.99. The second kappa shape index (κ2) is 17.0. The molecule has 12 nitrogen and oxygen atoms in total. The van der Waals surface area contributed by atoms with Crippen molar-refractivity contribution in [3.63, 3.8) is 0 Å². The SMILES string of the molecule is CON=CC(=O)N(c1csc(NC(c2ccccc2)(c2ccccc2)c2ccccc2)n1)C1C(=O)NC1CSC(=C(O)C(=O)OC(C)(C)C)c1ccccn1. The van der Waals surface area contributed by atoms with E-state index in [1.54, 1.807) is 44.4 Å². The van der Waals surface area contributed by atoms with Gasteiger partial charge in [-0.1, -0.05) is 102 Å². The van der Waals surface area contributed by atoms with Gasteiger partial charge in [0.25, 0.3) is 5.91 Å². The van der Waals surface area contributed by atoms with Gasteiger partial charge in [-0.05, 0) is 49.6 Å². The van der Waals surface area contributed by atoms with Crippen LogP contribution in [0.1, 0.15) is 43.2 Å². The summed E-state index contributed by atoms with van der Waals surface area (Å²) < 4.78 is 5.42. The zero-order valence-electron chi connectivity index (χ0n) is 30.6. The van der Waals surface area contributed by atoms with E-state index in [0.29, 0.717) is 10.8 Å². The molecule has 0 spiro atoms. The molecule has 1 aliphatic rings. The Morgan fingerprint density at radius 2 is 1.53 bits per heavy atom. The number of aromatic nitrogens is 2. The Labute approximate surface area is 327 Å². The number of amides is 2. The number of esters is 1. The smallest absolute Gasteiger partial charge is 0.375 e. The predicted molar refractivity (Wildman–Crippen MR) is 216 cm³/mol. The van der Waals surface area contributed by atoms with Gasteiger partial charge in [-0.25, -0.2) is 9.78 Å². The number of nitrogens with zero attached hydrogens (tertiary/aromatic N) is 4. The van der Waals surface area contributed by atoms with Crippen molar-refractivity contribution in [1.82, 2.24) is 15.3 Å². The monoisotopic (exact) mass is 776 g/mol. The summed E-state index contributed by atoms with van der Waals surface area (Å²) in [5.41, 5.74) is 1.49. The largest absolute Gasteiger partial charge is 0.501 e. The number of aliphatic hydroxyl groups is 1. The Kier molecular flexibility index (Phi) is 12.0. The van der Waals surface area contributed by atoms with E-state index in [4.69, 9.17) is 14.6 Å². The summed E-state index contributed by atoms with van der Waals surface area (Å²) in [6.07, 6.45) is 2.52. The second-order valence-corrected chi connectivity index (χ2v) is 15.3. The van der Waals surface area contributed by atoms with Crippen molar-refractivity contribution in [3.8, 4) is 0 Å². The maximum atomic E-state index is 13.8. The highest BCUT2D eigenvalue weighted by molar-refractivity contribution is 8.08. The van der Waals surface area contributed by atoms with Gasteiger partial charge >= 0.3 is 5.97 Å². The third-order valence-corrected chi connectivity index (χ3v) is 10.5. The summed E-state index contributed by atoms with van der Waals surface area (Å²) in [5.74, 6) is -2.22. The first-order valence-corrected chi connectivity index (χ1v) is 19.2. The molecular weight excluding hydrogens is 737 g/mol. The minimum atomic E-state index is -1.02. The van der Waals surface area contributed by atoms with E-state index in [2.05, 4.69) is 20.8 Å². The van der Waals surface area contributed by atoms with Gasteiger partial charge in [-0.2, -0.15) is 0 Å². The summed E-state index contributed by atoms with van der Waals surface area (Å²) in [4.78, 5) is 55.6. The molecule has 14 heteroatoms. The average molecular weight is 777 g/mol. The van der Waals surface area contributed by atoms with Gasteiger partial charge in [0, 0.05) is 17.3 Å². The summed E-state index contributed by atoms with van der Waals surface area (Å²) in [5, 5.41) is 23.5. The van der Waals surface area contributed by atoms with Crippen molar-refractivity contribution >= 4 is 63.0 Å². The van der Waals surface area contributed by atoms with Gasteiger partial charge in [-0.3, -0.25) is 19.5 Å². The molecule has 0 saturated carbocycles. The van der Waals surface area contributed by atoms with Gasteiger partial charge in [0.1, 0.15) is 36.3 Å². The molecule has 2 atom stereocenters. The number of benzene rings is 3. The summed E-state index contributed by atoms with van der Waals surface area (Å²) in [6, 6.07) is 33.5. The Hall–Kier alpha value is -5.99. The average Bonchev–Trinajstić information content (AvgIpc) is 3.66. The lowest BCUT2D eigenvalue weighted by molar-refractivity contribution is -0.152. The molecule has 282 valence electrons. The molecule has 55 heavy (non-hydrogen) atoms. The number of ether oxygens (including phenoxy) is 1. The number of nitrogens with one attached hydrogen (secondary N) is 2. The minimum Gasteiger partial charge on any atom is -0.501 e. The van der Waals surface area contributed by atoms with Crippen LogP contribution in [0.3, 0.4) is 0 Å². The van der Waals surface area contributed by atoms with Crippen LogP contribution in [0.15, 0.2) is 132 Å². The second-order valence-electron chi connectivity index (χ2n) is 13.4. The molecule has 1 fully saturated rings. The number of thiazole rings is 1. The first-order valence-electron chi connectivity index (χ1n) is 17.3. The molecule has 2 amide bonds. The van der Waals surface area contributed by atoms with Crippen LogP contribution in [0, 0.1) is 0 Å². The topological polar surface area (TPSA) is 155 Å². The fraction of sp³-hybridized carbons (Fsp3) is 0.220. The predicted octanol–water partition coefficient (Wildman–Crippen LogP) is 6.78. The Bertz CT molecular complexity index is 2060. The van der Waals surface area contributed by atoms with Crippen LogP contribution in [0.5, 0.6) is 0 Å². The highest BCUT2D eigenvalue weighted by atomic mass is 32.2. The van der Waals surface area contributed by atoms with Gasteiger partial charge in [-0.15, -0.1) is 23.1 Å². The van der Waals surface area contributed by atoms with Gasteiger partial charge in [0.2, 0.25) is 11.7 Å². The van der Waals surface area contributed by atoms with Crippen LogP contribution in [0.2, 0.25) is 0 Å². The zero-order chi connectivity index (χ0) is 39.0. The maximum Gasteiger partial charge on any atom is 0.375 e. The van der Waals surface area contributed by atoms with Gasteiger partial charge in [0.15, 0.2) is 5.13 Å². The molecular formula is C41H40N6O6S2. The zero-order valence-corrected chi connectivity index (χ0v) is 32.2. The lowest BCUT2D eigenvalue weighted by atomic mass is 9.77. The molecule has 0 bridgehead atoms. The number of β-lactam (4-membered cyclic amide) rings is 1. The van der Waals surface area contributed by atoms with Crippen molar-refractivity contribution in [2.75, 3.05) is 23.1 Å². The Balaban J connectivity index is 1.35. The van der Waals surface area contributed by atoms with Crippen LogP contribution < -0.4 is 15.5 Å². The highest BCUT2D eigenvalue weighted by Gasteiger charge is 2.47. The summed E-state index contributed by atoms with van der Waals surface area (Å²) in [7, 11) is 1.31. The number of aliphatic hydroxyl groups excluding tert-OH is 1. The molecule has 2 aromatic heterocycles. The van der Waals surface area contributed by atoms with E-state index in [1.165, 1.54) is 29.5 Å². The van der Waals surface area contributed by atoms with Crippen LogP contribution in [-0.2, 0) is 29.5 Å².